The first-order valence-electron chi connectivity index (χ1n) is 8.49. The Hall–Kier alpha value is -1.58. The van der Waals surface area contributed by atoms with Gasteiger partial charge in [0.15, 0.2) is 5.96 Å². The highest BCUT2D eigenvalue weighted by atomic mass is 127. The minimum absolute atomic E-state index is 0. The van der Waals surface area contributed by atoms with E-state index in [1.54, 1.807) is 26.2 Å². The van der Waals surface area contributed by atoms with Crippen LogP contribution in [0.2, 0.25) is 0 Å². The van der Waals surface area contributed by atoms with Crippen molar-refractivity contribution in [2.45, 2.75) is 39.3 Å². The zero-order valence-corrected chi connectivity index (χ0v) is 18.4. The van der Waals surface area contributed by atoms with Crippen LogP contribution in [0.15, 0.2) is 29.3 Å². The van der Waals surface area contributed by atoms with Crippen LogP contribution in [0.5, 0.6) is 5.75 Å². The fourth-order valence-corrected chi connectivity index (χ4v) is 1.80. The number of likely N-dealkylation sites (N-methyl/N-ethyl adjacent to an activating group) is 1. The molecule has 1 rings (SSSR count). The number of benzene rings is 1. The van der Waals surface area contributed by atoms with Gasteiger partial charge in [-0.3, -0.25) is 4.79 Å². The van der Waals surface area contributed by atoms with Crippen LogP contribution >= 0.6 is 24.0 Å². The van der Waals surface area contributed by atoms with Crippen LogP contribution in [0.25, 0.3) is 0 Å². The van der Waals surface area contributed by atoms with Crippen molar-refractivity contribution in [3.63, 3.8) is 0 Å². The van der Waals surface area contributed by atoms with Crippen molar-refractivity contribution < 1.29 is 13.9 Å². The van der Waals surface area contributed by atoms with Crippen molar-refractivity contribution >= 4 is 35.8 Å². The molecule has 0 spiro atoms. The predicted molar refractivity (Wildman–Crippen MR) is 114 cm³/mol. The van der Waals surface area contributed by atoms with E-state index >= 15 is 0 Å². The molecular weight excluding hydrogens is 450 g/mol. The van der Waals surface area contributed by atoms with Crippen molar-refractivity contribution in [2.75, 3.05) is 27.2 Å². The predicted octanol–water partition coefficient (Wildman–Crippen LogP) is 2.63. The average molecular weight is 480 g/mol. The minimum Gasteiger partial charge on any atom is -0.489 e. The second kappa shape index (κ2) is 12.7. The fourth-order valence-electron chi connectivity index (χ4n) is 1.80. The Morgan fingerprint density at radius 1 is 1.27 bits per heavy atom. The van der Waals surface area contributed by atoms with Gasteiger partial charge in [-0.2, -0.15) is 0 Å². The molecular formula is C18H30FIN4O2. The quantitative estimate of drug-likeness (QED) is 0.341. The van der Waals surface area contributed by atoms with Crippen molar-refractivity contribution in [2.24, 2.45) is 4.99 Å². The van der Waals surface area contributed by atoms with Gasteiger partial charge in [-0.15, -0.1) is 24.0 Å². The first kappa shape index (κ1) is 24.4. The van der Waals surface area contributed by atoms with Crippen molar-refractivity contribution in [3.8, 4) is 5.75 Å². The summed E-state index contributed by atoms with van der Waals surface area (Å²) < 4.78 is 18.6. The summed E-state index contributed by atoms with van der Waals surface area (Å²) in [6.45, 7) is 6.59. The number of amides is 1. The first-order chi connectivity index (χ1) is 11.8. The summed E-state index contributed by atoms with van der Waals surface area (Å²) in [5, 5.41) is 6.43. The lowest BCUT2D eigenvalue weighted by molar-refractivity contribution is -0.127. The third-order valence-electron chi connectivity index (χ3n) is 3.57. The van der Waals surface area contributed by atoms with E-state index in [0.717, 1.165) is 6.42 Å². The van der Waals surface area contributed by atoms with Crippen LogP contribution in [0, 0.1) is 5.82 Å². The molecule has 2 unspecified atom stereocenters. The number of nitrogens with zero attached hydrogens (tertiary/aromatic N) is 2. The molecule has 148 valence electrons. The average Bonchev–Trinajstić information content (AvgIpc) is 2.58. The maximum Gasteiger partial charge on any atom is 0.243 e. The molecule has 8 heteroatoms. The molecule has 1 aromatic rings. The van der Waals surface area contributed by atoms with Crippen LogP contribution in [-0.2, 0) is 4.79 Å². The number of guanidine groups is 1. The van der Waals surface area contributed by atoms with Gasteiger partial charge in [-0.1, -0.05) is 6.92 Å². The summed E-state index contributed by atoms with van der Waals surface area (Å²) in [5.74, 6) is 0.808. The largest absolute Gasteiger partial charge is 0.489 e. The molecule has 0 fully saturated rings. The van der Waals surface area contributed by atoms with Crippen molar-refractivity contribution in [1.29, 1.82) is 0 Å². The minimum atomic E-state index is -0.295. The molecule has 0 aliphatic heterocycles. The molecule has 0 saturated heterocycles. The molecule has 6 nitrogen and oxygen atoms in total. The lowest BCUT2D eigenvalue weighted by atomic mass is 10.3. The number of hydrogen-bond donors (Lipinski definition) is 2. The van der Waals surface area contributed by atoms with E-state index in [1.807, 2.05) is 13.8 Å². The molecule has 0 aromatic heterocycles. The van der Waals surface area contributed by atoms with Gasteiger partial charge in [0, 0.05) is 20.1 Å². The molecule has 2 N–H and O–H groups in total. The number of carbonyl (C=O) groups is 1. The molecule has 2 atom stereocenters. The Morgan fingerprint density at radius 3 is 2.42 bits per heavy atom. The Bertz CT molecular complexity index is 567. The third kappa shape index (κ3) is 9.79. The van der Waals surface area contributed by atoms with Gasteiger partial charge < -0.3 is 20.3 Å². The van der Waals surface area contributed by atoms with Crippen LogP contribution in [0.4, 0.5) is 4.39 Å². The van der Waals surface area contributed by atoms with Crippen LogP contribution < -0.4 is 15.4 Å². The van der Waals surface area contributed by atoms with E-state index in [4.69, 9.17) is 4.74 Å². The van der Waals surface area contributed by atoms with Crippen LogP contribution in [0.3, 0.4) is 0 Å². The number of aliphatic imine (C=N–C) groups is 1. The molecule has 1 aromatic carbocycles. The summed E-state index contributed by atoms with van der Waals surface area (Å²) in [4.78, 5) is 17.5. The highest BCUT2D eigenvalue weighted by molar-refractivity contribution is 14.0. The van der Waals surface area contributed by atoms with E-state index in [0.29, 0.717) is 18.3 Å². The van der Waals surface area contributed by atoms with E-state index in [2.05, 4.69) is 22.5 Å². The normalized spacial score (nSPS) is 13.2. The highest BCUT2D eigenvalue weighted by Crippen LogP contribution is 2.12. The maximum absolute atomic E-state index is 12.9. The number of hydrogen-bond acceptors (Lipinski definition) is 3. The van der Waals surface area contributed by atoms with Gasteiger partial charge in [0.05, 0.1) is 6.54 Å². The Labute approximate surface area is 172 Å². The molecule has 0 heterocycles. The van der Waals surface area contributed by atoms with Gasteiger partial charge >= 0.3 is 0 Å². The summed E-state index contributed by atoms with van der Waals surface area (Å²) in [6, 6.07) is 6.13. The number of ether oxygens (including phenoxy) is 1. The number of halogens is 2. The smallest absolute Gasteiger partial charge is 0.243 e. The molecule has 0 saturated carbocycles. The van der Waals surface area contributed by atoms with Crippen LogP contribution in [-0.4, -0.2) is 56.1 Å². The van der Waals surface area contributed by atoms with Gasteiger partial charge in [-0.25, -0.2) is 9.38 Å². The first-order valence-corrected chi connectivity index (χ1v) is 8.49. The summed E-state index contributed by atoms with van der Waals surface area (Å²) in [5.41, 5.74) is 0. The molecule has 26 heavy (non-hydrogen) atoms. The Kier molecular flexibility index (Phi) is 11.9. The summed E-state index contributed by atoms with van der Waals surface area (Å²) >= 11 is 0. The number of rotatable bonds is 8. The van der Waals surface area contributed by atoms with E-state index in [9.17, 15) is 9.18 Å². The maximum atomic E-state index is 12.9. The van der Waals surface area contributed by atoms with Crippen LogP contribution in [0.1, 0.15) is 27.2 Å². The highest BCUT2D eigenvalue weighted by Gasteiger charge is 2.09. The summed E-state index contributed by atoms with van der Waals surface area (Å²) in [7, 11) is 3.40. The topological polar surface area (TPSA) is 66.0 Å². The second-order valence-electron chi connectivity index (χ2n) is 6.17. The molecule has 0 radical (unpaired) electrons. The molecule has 0 aliphatic rings. The van der Waals surface area contributed by atoms with E-state index < -0.39 is 0 Å². The standard InChI is InChI=1S/C18H29FN4O2.HI/c1-6-13(2)22-18(21-12-17(24)23(4)5)20-11-14(3)25-16-9-7-15(19)8-10-16;/h7-10,13-14H,6,11-12H2,1-5H3,(H2,20,21,22);1H. The van der Waals surface area contributed by atoms with Crippen molar-refractivity contribution in [3.05, 3.63) is 30.1 Å². The molecule has 0 aliphatic carbocycles. The second-order valence-corrected chi connectivity index (χ2v) is 6.17. The number of nitrogens with one attached hydrogen (secondary N) is 2. The summed E-state index contributed by atoms with van der Waals surface area (Å²) in [6.07, 6.45) is 0.781. The lowest BCUT2D eigenvalue weighted by Gasteiger charge is -2.20. The van der Waals surface area contributed by atoms with Gasteiger partial charge in [-0.05, 0) is 44.5 Å². The van der Waals surface area contributed by atoms with E-state index in [1.165, 1.54) is 17.0 Å². The lowest BCUT2D eigenvalue weighted by Crippen LogP contribution is -2.45. The Balaban J connectivity index is 0.00000625. The molecule has 0 bridgehead atoms. The van der Waals surface area contributed by atoms with Crippen molar-refractivity contribution in [1.82, 2.24) is 15.5 Å². The molecule has 1 amide bonds. The monoisotopic (exact) mass is 480 g/mol. The zero-order valence-electron chi connectivity index (χ0n) is 16.1. The van der Waals surface area contributed by atoms with E-state index in [-0.39, 0.29) is 54.4 Å². The fraction of sp³-hybridized carbons (Fsp3) is 0.556. The Morgan fingerprint density at radius 2 is 1.88 bits per heavy atom. The SMILES string of the molecule is CCC(C)NC(=NCC(=O)N(C)C)NCC(C)Oc1ccc(F)cc1.I. The van der Waals surface area contributed by atoms with Gasteiger partial charge in [0.25, 0.3) is 0 Å². The third-order valence-corrected chi connectivity index (χ3v) is 3.57. The zero-order chi connectivity index (χ0) is 18.8. The van der Waals surface area contributed by atoms with Gasteiger partial charge in [0.1, 0.15) is 24.2 Å². The van der Waals surface area contributed by atoms with Gasteiger partial charge in [0.2, 0.25) is 5.91 Å². The number of carbonyl (C=O) groups excluding carboxylic acids is 1.